The Balaban J connectivity index is 1.49. The van der Waals surface area contributed by atoms with E-state index in [0.29, 0.717) is 6.54 Å². The minimum absolute atomic E-state index is 0.682. The van der Waals surface area contributed by atoms with Gasteiger partial charge in [-0.3, -0.25) is 4.99 Å². The van der Waals surface area contributed by atoms with E-state index in [1.54, 1.807) is 14.2 Å². The third-order valence-electron chi connectivity index (χ3n) is 3.96. The Morgan fingerprint density at radius 2 is 1.96 bits per heavy atom. The number of nitrogens with zero attached hydrogens (tertiary/aromatic N) is 1. The molecule has 0 radical (unpaired) electrons. The summed E-state index contributed by atoms with van der Waals surface area (Å²) in [6, 6.07) is 18.1. The summed E-state index contributed by atoms with van der Waals surface area (Å²) >= 11 is 0. The number of fused-ring (bicyclic) bond motifs is 1. The van der Waals surface area contributed by atoms with E-state index in [1.807, 2.05) is 36.4 Å². The molecule has 2 aromatic carbocycles. The number of nitrogens with one attached hydrogen (secondary N) is 2. The molecule has 0 amide bonds. The van der Waals surface area contributed by atoms with Crippen LogP contribution >= 0.6 is 0 Å². The van der Waals surface area contributed by atoms with Gasteiger partial charge >= 0.3 is 0 Å². The first kappa shape index (κ1) is 16.9. The van der Waals surface area contributed by atoms with E-state index in [2.05, 4.69) is 33.8 Å². The van der Waals surface area contributed by atoms with Crippen molar-refractivity contribution in [2.75, 3.05) is 20.7 Å². The highest BCUT2D eigenvalue weighted by Crippen LogP contribution is 2.18. The lowest BCUT2D eigenvalue weighted by Crippen LogP contribution is -2.37. The van der Waals surface area contributed by atoms with Crippen LogP contribution < -0.4 is 15.4 Å². The molecule has 0 bridgehead atoms. The maximum absolute atomic E-state index is 5.82. The number of para-hydroxylation sites is 1. The first-order valence-electron chi connectivity index (χ1n) is 8.33. The average Bonchev–Trinajstić information content (AvgIpc) is 3.07. The minimum atomic E-state index is 0.682. The molecule has 0 fully saturated rings. The molecule has 3 rings (SSSR count). The standard InChI is InChI=1S/C20H23N3O2/c1-21-20(23-14-15-6-5-8-17(12-15)24-2)22-11-10-18-13-16-7-3-4-9-19(16)25-18/h3-9,12-13H,10-11,14H2,1-2H3,(H2,21,22,23). The second-order valence-corrected chi connectivity index (χ2v) is 5.70. The second kappa shape index (κ2) is 8.24. The number of hydrogen-bond acceptors (Lipinski definition) is 3. The van der Waals surface area contributed by atoms with Gasteiger partial charge in [0, 0.05) is 31.9 Å². The third kappa shape index (κ3) is 4.53. The fraction of sp³-hybridized carbons (Fsp3) is 0.250. The van der Waals surface area contributed by atoms with E-state index in [4.69, 9.17) is 9.15 Å². The quantitative estimate of drug-likeness (QED) is 0.535. The topological polar surface area (TPSA) is 58.8 Å². The molecule has 0 aliphatic heterocycles. The summed E-state index contributed by atoms with van der Waals surface area (Å²) in [6.07, 6.45) is 0.800. The summed E-state index contributed by atoms with van der Waals surface area (Å²) in [5, 5.41) is 7.75. The molecule has 1 aromatic heterocycles. The molecular weight excluding hydrogens is 314 g/mol. The zero-order valence-electron chi connectivity index (χ0n) is 14.6. The van der Waals surface area contributed by atoms with Crippen LogP contribution in [0.5, 0.6) is 5.75 Å². The molecular formula is C20H23N3O2. The third-order valence-corrected chi connectivity index (χ3v) is 3.96. The molecule has 5 nitrogen and oxygen atoms in total. The zero-order chi connectivity index (χ0) is 17.5. The smallest absolute Gasteiger partial charge is 0.191 e. The van der Waals surface area contributed by atoms with Gasteiger partial charge in [-0.15, -0.1) is 0 Å². The lowest BCUT2D eigenvalue weighted by molar-refractivity contribution is 0.414. The predicted octanol–water partition coefficient (Wildman–Crippen LogP) is 3.35. The largest absolute Gasteiger partial charge is 0.497 e. The van der Waals surface area contributed by atoms with Crippen LogP contribution in [-0.4, -0.2) is 26.7 Å². The van der Waals surface area contributed by atoms with Crippen molar-refractivity contribution in [1.82, 2.24) is 10.6 Å². The van der Waals surface area contributed by atoms with Crippen molar-refractivity contribution in [3.63, 3.8) is 0 Å². The first-order chi connectivity index (χ1) is 12.3. The highest BCUT2D eigenvalue weighted by atomic mass is 16.5. The fourth-order valence-electron chi connectivity index (χ4n) is 2.65. The van der Waals surface area contributed by atoms with Crippen LogP contribution in [-0.2, 0) is 13.0 Å². The van der Waals surface area contributed by atoms with Crippen molar-refractivity contribution in [1.29, 1.82) is 0 Å². The molecule has 0 saturated carbocycles. The monoisotopic (exact) mass is 337 g/mol. The maximum Gasteiger partial charge on any atom is 0.191 e. The lowest BCUT2D eigenvalue weighted by atomic mass is 10.2. The van der Waals surface area contributed by atoms with Crippen molar-refractivity contribution >= 4 is 16.9 Å². The fourth-order valence-corrected chi connectivity index (χ4v) is 2.65. The summed E-state index contributed by atoms with van der Waals surface area (Å²) < 4.78 is 11.1. The molecule has 3 aromatic rings. The number of methoxy groups -OCH3 is 1. The van der Waals surface area contributed by atoms with Crippen molar-refractivity contribution in [2.45, 2.75) is 13.0 Å². The van der Waals surface area contributed by atoms with Gasteiger partial charge in [0.25, 0.3) is 0 Å². The van der Waals surface area contributed by atoms with Crippen LogP contribution in [0.3, 0.4) is 0 Å². The molecule has 130 valence electrons. The molecule has 1 heterocycles. The van der Waals surface area contributed by atoms with Gasteiger partial charge in [-0.1, -0.05) is 30.3 Å². The Labute approximate surface area is 147 Å². The molecule has 0 spiro atoms. The van der Waals surface area contributed by atoms with Gasteiger partial charge in [0.1, 0.15) is 17.1 Å². The Bertz CT molecular complexity index is 822. The summed E-state index contributed by atoms with van der Waals surface area (Å²) in [4.78, 5) is 4.25. The molecule has 0 aliphatic rings. The number of benzene rings is 2. The van der Waals surface area contributed by atoms with Gasteiger partial charge in [-0.25, -0.2) is 0 Å². The van der Waals surface area contributed by atoms with Crippen LogP contribution in [0, 0.1) is 0 Å². The van der Waals surface area contributed by atoms with Gasteiger partial charge in [0.15, 0.2) is 5.96 Å². The summed E-state index contributed by atoms with van der Waals surface area (Å²) in [6.45, 7) is 1.43. The van der Waals surface area contributed by atoms with E-state index in [9.17, 15) is 0 Å². The number of guanidine groups is 1. The Kier molecular flexibility index (Phi) is 5.57. The van der Waals surface area contributed by atoms with Crippen LogP contribution in [0.4, 0.5) is 0 Å². The molecule has 25 heavy (non-hydrogen) atoms. The summed E-state index contributed by atoms with van der Waals surface area (Å²) in [5.41, 5.74) is 2.07. The first-order valence-corrected chi connectivity index (χ1v) is 8.33. The van der Waals surface area contributed by atoms with Gasteiger partial charge in [0.2, 0.25) is 0 Å². The highest BCUT2D eigenvalue weighted by molar-refractivity contribution is 5.80. The van der Waals surface area contributed by atoms with Crippen molar-refractivity contribution < 1.29 is 9.15 Å². The Morgan fingerprint density at radius 1 is 1.08 bits per heavy atom. The summed E-state index contributed by atoms with van der Waals surface area (Å²) in [7, 11) is 3.44. The lowest BCUT2D eigenvalue weighted by Gasteiger charge is -2.12. The summed E-state index contributed by atoms with van der Waals surface area (Å²) in [5.74, 6) is 2.59. The molecule has 0 unspecified atom stereocenters. The van der Waals surface area contributed by atoms with Crippen molar-refractivity contribution in [3.8, 4) is 5.75 Å². The normalized spacial score (nSPS) is 11.5. The SMILES string of the molecule is CN=C(NCCc1cc2ccccc2o1)NCc1cccc(OC)c1. The van der Waals surface area contributed by atoms with E-state index in [0.717, 1.165) is 47.0 Å². The Morgan fingerprint density at radius 3 is 2.76 bits per heavy atom. The molecule has 5 heteroatoms. The van der Waals surface area contributed by atoms with Crippen molar-refractivity contribution in [2.24, 2.45) is 4.99 Å². The Hall–Kier alpha value is -2.95. The molecule has 2 N–H and O–H groups in total. The van der Waals surface area contributed by atoms with E-state index in [1.165, 1.54) is 0 Å². The minimum Gasteiger partial charge on any atom is -0.497 e. The number of hydrogen-bond donors (Lipinski definition) is 2. The van der Waals surface area contributed by atoms with E-state index >= 15 is 0 Å². The molecule has 0 aliphatic carbocycles. The van der Waals surface area contributed by atoms with Gasteiger partial charge in [-0.2, -0.15) is 0 Å². The van der Waals surface area contributed by atoms with Crippen LogP contribution in [0.2, 0.25) is 0 Å². The van der Waals surface area contributed by atoms with E-state index in [-0.39, 0.29) is 0 Å². The van der Waals surface area contributed by atoms with Crippen LogP contribution in [0.1, 0.15) is 11.3 Å². The number of aliphatic imine (C=N–C) groups is 1. The van der Waals surface area contributed by atoms with Crippen LogP contribution in [0.15, 0.2) is 64.0 Å². The number of rotatable bonds is 6. The van der Waals surface area contributed by atoms with Crippen LogP contribution in [0.25, 0.3) is 11.0 Å². The highest BCUT2D eigenvalue weighted by Gasteiger charge is 2.04. The molecule has 0 saturated heterocycles. The average molecular weight is 337 g/mol. The number of furan rings is 1. The van der Waals surface area contributed by atoms with Crippen molar-refractivity contribution in [3.05, 3.63) is 65.9 Å². The van der Waals surface area contributed by atoms with Gasteiger partial charge in [-0.05, 0) is 29.8 Å². The molecule has 0 atom stereocenters. The van der Waals surface area contributed by atoms with E-state index < -0.39 is 0 Å². The maximum atomic E-state index is 5.82. The predicted molar refractivity (Wildman–Crippen MR) is 101 cm³/mol. The zero-order valence-corrected chi connectivity index (χ0v) is 14.6. The van der Waals surface area contributed by atoms with Gasteiger partial charge < -0.3 is 19.8 Å². The number of ether oxygens (including phenoxy) is 1. The second-order valence-electron chi connectivity index (χ2n) is 5.70. The van der Waals surface area contributed by atoms with Gasteiger partial charge in [0.05, 0.1) is 7.11 Å².